The molecule has 3 N–H and O–H groups in total. The number of nitrogens with zero attached hydrogens (tertiary/aromatic N) is 1. The van der Waals surface area contributed by atoms with E-state index >= 15 is 0 Å². The molecule has 0 spiro atoms. The van der Waals surface area contributed by atoms with Crippen molar-refractivity contribution in [3.8, 4) is 5.75 Å². The lowest BCUT2D eigenvalue weighted by Gasteiger charge is -2.20. The molecule has 2 atom stereocenters. The quantitative estimate of drug-likeness (QED) is 0.784. The Kier molecular flexibility index (Phi) is 6.44. The van der Waals surface area contributed by atoms with E-state index in [9.17, 15) is 14.3 Å². The van der Waals surface area contributed by atoms with Crippen LogP contribution in [0, 0.1) is 11.7 Å². The predicted molar refractivity (Wildman–Crippen MR) is 83.0 cm³/mol. The number of hydrogen-bond acceptors (Lipinski definition) is 5. The lowest BCUT2D eigenvalue weighted by molar-refractivity contribution is 0.0726. The second-order valence-corrected chi connectivity index (χ2v) is 5.99. The Hall–Kier alpha value is -1.57. The summed E-state index contributed by atoms with van der Waals surface area (Å²) in [6.07, 6.45) is -0.597. The number of aliphatic hydroxyl groups is 1. The first kappa shape index (κ1) is 17.8. The molecule has 23 heavy (non-hydrogen) atoms. The van der Waals surface area contributed by atoms with Crippen LogP contribution < -0.4 is 10.5 Å². The van der Waals surface area contributed by atoms with Gasteiger partial charge in [0.2, 0.25) is 0 Å². The summed E-state index contributed by atoms with van der Waals surface area (Å²) in [6, 6.07) is 4.13. The lowest BCUT2D eigenvalue weighted by Crippen LogP contribution is -2.34. The molecule has 1 aliphatic rings. The maximum absolute atomic E-state index is 13.3. The summed E-state index contributed by atoms with van der Waals surface area (Å²) in [5, 5.41) is 10.0. The van der Waals surface area contributed by atoms with Gasteiger partial charge in [0.1, 0.15) is 24.3 Å². The van der Waals surface area contributed by atoms with E-state index in [1.54, 1.807) is 6.07 Å². The lowest BCUT2D eigenvalue weighted by atomic mass is 10.1. The number of aliphatic hydroxyl groups excluding tert-OH is 1. The van der Waals surface area contributed by atoms with E-state index in [2.05, 4.69) is 4.90 Å². The van der Waals surface area contributed by atoms with Crippen LogP contribution in [0.1, 0.15) is 6.42 Å². The van der Waals surface area contributed by atoms with Gasteiger partial charge in [0.25, 0.3) is 0 Å². The zero-order valence-electron chi connectivity index (χ0n) is 12.6. The number of benzene rings is 1. The Balaban J connectivity index is 1.69. The molecule has 2 unspecified atom stereocenters. The third kappa shape index (κ3) is 5.85. The highest BCUT2D eigenvalue weighted by atomic mass is 35.5. The minimum atomic E-state index is -0.771. The van der Waals surface area contributed by atoms with E-state index in [-0.39, 0.29) is 17.5 Å². The number of halogens is 2. The van der Waals surface area contributed by atoms with Gasteiger partial charge in [-0.2, -0.15) is 0 Å². The van der Waals surface area contributed by atoms with Gasteiger partial charge in [-0.25, -0.2) is 9.18 Å². The first-order valence-electron chi connectivity index (χ1n) is 7.34. The average Bonchev–Trinajstić information content (AvgIpc) is 2.94. The summed E-state index contributed by atoms with van der Waals surface area (Å²) in [4.78, 5) is 12.6. The molecule has 1 amide bonds. The van der Waals surface area contributed by atoms with E-state index in [0.717, 1.165) is 19.5 Å². The van der Waals surface area contributed by atoms with Gasteiger partial charge in [-0.15, -0.1) is 0 Å². The molecule has 2 rings (SSSR count). The van der Waals surface area contributed by atoms with Crippen LogP contribution in [0.4, 0.5) is 9.18 Å². The monoisotopic (exact) mass is 346 g/mol. The van der Waals surface area contributed by atoms with Gasteiger partial charge in [0, 0.05) is 25.1 Å². The van der Waals surface area contributed by atoms with Gasteiger partial charge >= 0.3 is 6.09 Å². The molecule has 0 bridgehead atoms. The molecule has 1 aromatic rings. The molecule has 0 aromatic heterocycles. The van der Waals surface area contributed by atoms with Crippen LogP contribution in [0.2, 0.25) is 5.02 Å². The SMILES string of the molecule is NC(=O)OCC1CCN(CC(O)COc2ccc(Cl)c(F)c2)C1. The van der Waals surface area contributed by atoms with Gasteiger partial charge < -0.3 is 25.2 Å². The van der Waals surface area contributed by atoms with E-state index in [1.165, 1.54) is 12.1 Å². The Morgan fingerprint density at radius 1 is 1.57 bits per heavy atom. The summed E-state index contributed by atoms with van der Waals surface area (Å²) >= 11 is 5.59. The molecular weight excluding hydrogens is 327 g/mol. The predicted octanol–water partition coefficient (Wildman–Crippen LogP) is 1.64. The molecule has 1 heterocycles. The Labute approximate surface area is 138 Å². The summed E-state index contributed by atoms with van der Waals surface area (Å²) in [5.74, 6) is -0.0171. The molecule has 1 fully saturated rings. The fraction of sp³-hybridized carbons (Fsp3) is 0.533. The van der Waals surface area contributed by atoms with Gasteiger partial charge in [-0.05, 0) is 25.1 Å². The maximum atomic E-state index is 13.3. The third-order valence-electron chi connectivity index (χ3n) is 3.63. The fourth-order valence-corrected chi connectivity index (χ4v) is 2.64. The minimum Gasteiger partial charge on any atom is -0.491 e. The van der Waals surface area contributed by atoms with Crippen LogP contribution in [-0.2, 0) is 4.74 Å². The van der Waals surface area contributed by atoms with Crippen molar-refractivity contribution in [2.75, 3.05) is 32.8 Å². The number of primary amides is 1. The zero-order valence-corrected chi connectivity index (χ0v) is 13.3. The summed E-state index contributed by atoms with van der Waals surface area (Å²) < 4.78 is 23.4. The third-order valence-corrected chi connectivity index (χ3v) is 3.94. The Bertz CT molecular complexity index is 546. The van der Waals surface area contributed by atoms with Crippen molar-refractivity contribution < 1.29 is 23.8 Å². The molecule has 1 aromatic carbocycles. The zero-order chi connectivity index (χ0) is 16.8. The van der Waals surface area contributed by atoms with E-state index in [0.29, 0.717) is 18.9 Å². The summed E-state index contributed by atoms with van der Waals surface area (Å²) in [5.41, 5.74) is 4.93. The van der Waals surface area contributed by atoms with E-state index in [1.807, 2.05) is 0 Å². The molecule has 8 heteroatoms. The molecule has 6 nitrogen and oxygen atoms in total. The smallest absolute Gasteiger partial charge is 0.404 e. The topological polar surface area (TPSA) is 85.0 Å². The number of amides is 1. The number of ether oxygens (including phenoxy) is 2. The van der Waals surface area contributed by atoms with E-state index in [4.69, 9.17) is 26.8 Å². The van der Waals surface area contributed by atoms with Crippen molar-refractivity contribution >= 4 is 17.7 Å². The highest BCUT2D eigenvalue weighted by Crippen LogP contribution is 2.21. The van der Waals surface area contributed by atoms with Crippen molar-refractivity contribution in [3.05, 3.63) is 29.0 Å². The number of rotatable bonds is 7. The summed E-state index contributed by atoms with van der Waals surface area (Å²) in [6.45, 7) is 2.31. The second kappa shape index (κ2) is 8.33. The minimum absolute atomic E-state index is 0.0270. The first-order valence-corrected chi connectivity index (χ1v) is 7.72. The van der Waals surface area contributed by atoms with Crippen molar-refractivity contribution in [1.82, 2.24) is 4.90 Å². The highest BCUT2D eigenvalue weighted by Gasteiger charge is 2.25. The molecule has 128 valence electrons. The number of likely N-dealkylation sites (tertiary alicyclic amines) is 1. The van der Waals surface area contributed by atoms with Crippen LogP contribution in [0.5, 0.6) is 5.75 Å². The number of β-amino-alcohol motifs (C(OH)–C–C–N with tert-alkyl or cyclic N) is 1. The maximum Gasteiger partial charge on any atom is 0.404 e. The van der Waals surface area contributed by atoms with Crippen molar-refractivity contribution in [3.63, 3.8) is 0 Å². The standard InChI is InChI=1S/C15H20ClFN2O4/c16-13-2-1-12(5-14(13)17)22-9-11(20)7-19-4-3-10(6-19)8-23-15(18)21/h1-2,5,10-11,20H,3-4,6-9H2,(H2,18,21). The van der Waals surface area contributed by atoms with Gasteiger partial charge in [0.15, 0.2) is 0 Å². The van der Waals surface area contributed by atoms with Crippen molar-refractivity contribution in [1.29, 1.82) is 0 Å². The number of carbonyl (C=O) groups is 1. The largest absolute Gasteiger partial charge is 0.491 e. The van der Waals surface area contributed by atoms with Crippen LogP contribution in [0.15, 0.2) is 18.2 Å². The second-order valence-electron chi connectivity index (χ2n) is 5.59. The van der Waals surface area contributed by atoms with Crippen LogP contribution in [-0.4, -0.2) is 55.1 Å². The van der Waals surface area contributed by atoms with Gasteiger partial charge in [0.05, 0.1) is 11.6 Å². The molecule has 0 aliphatic carbocycles. The van der Waals surface area contributed by atoms with Crippen LogP contribution in [0.25, 0.3) is 0 Å². The van der Waals surface area contributed by atoms with Crippen LogP contribution >= 0.6 is 11.6 Å². The molecule has 1 saturated heterocycles. The highest BCUT2D eigenvalue weighted by molar-refractivity contribution is 6.30. The van der Waals surface area contributed by atoms with Crippen molar-refractivity contribution in [2.24, 2.45) is 11.7 Å². The fourth-order valence-electron chi connectivity index (χ4n) is 2.52. The Morgan fingerprint density at radius 3 is 3.04 bits per heavy atom. The van der Waals surface area contributed by atoms with Crippen molar-refractivity contribution in [2.45, 2.75) is 12.5 Å². The van der Waals surface area contributed by atoms with Crippen LogP contribution in [0.3, 0.4) is 0 Å². The normalized spacial score (nSPS) is 19.5. The first-order chi connectivity index (χ1) is 10.9. The molecule has 0 radical (unpaired) electrons. The number of carbonyl (C=O) groups excluding carboxylic acids is 1. The number of nitrogens with two attached hydrogens (primary N) is 1. The van der Waals surface area contributed by atoms with Gasteiger partial charge in [-0.1, -0.05) is 11.6 Å². The Morgan fingerprint density at radius 2 is 2.35 bits per heavy atom. The summed E-state index contributed by atoms with van der Waals surface area (Å²) in [7, 11) is 0. The molecule has 1 aliphatic heterocycles. The molecule has 0 saturated carbocycles. The van der Waals surface area contributed by atoms with E-state index < -0.39 is 18.0 Å². The molecular formula is C15H20ClFN2O4. The number of hydrogen-bond donors (Lipinski definition) is 2. The average molecular weight is 347 g/mol. The van der Waals surface area contributed by atoms with Gasteiger partial charge in [-0.3, -0.25) is 0 Å².